The molecule has 0 saturated carbocycles. The second-order valence-corrected chi connectivity index (χ2v) is 7.24. The number of rotatable bonds is 8. The standard InChI is InChI=1S/C20H21N3O5S/c1-4-17(18(24)21-13-5-9-15(26-2)10-6-13)29-19-20(25)28-22-23(19)14-7-11-16(27-3)12-8-14/h5-12,17H,4H2,1-3H3,(H-,21,22,24,25)/p+1. The third kappa shape index (κ3) is 4.80. The van der Waals surface area contributed by atoms with Crippen molar-refractivity contribution in [3.63, 3.8) is 0 Å². The van der Waals surface area contributed by atoms with Gasteiger partial charge < -0.3 is 14.8 Å². The molecule has 2 N–H and O–H groups in total. The summed E-state index contributed by atoms with van der Waals surface area (Å²) in [6.07, 6.45) is 0.528. The van der Waals surface area contributed by atoms with E-state index in [0.717, 1.165) is 11.8 Å². The van der Waals surface area contributed by atoms with Crippen molar-refractivity contribution in [2.24, 2.45) is 0 Å². The van der Waals surface area contributed by atoms with Crippen LogP contribution in [0.3, 0.4) is 0 Å². The second-order valence-electron chi connectivity index (χ2n) is 6.05. The van der Waals surface area contributed by atoms with Gasteiger partial charge in [-0.15, -0.1) is 0 Å². The highest BCUT2D eigenvalue weighted by atomic mass is 32.2. The predicted molar refractivity (Wildman–Crippen MR) is 109 cm³/mol. The van der Waals surface area contributed by atoms with Crippen LogP contribution in [0.1, 0.15) is 13.3 Å². The third-order valence-electron chi connectivity index (χ3n) is 4.21. The van der Waals surface area contributed by atoms with Gasteiger partial charge in [-0.3, -0.25) is 9.32 Å². The van der Waals surface area contributed by atoms with Crippen molar-refractivity contribution in [2.45, 2.75) is 23.6 Å². The largest absolute Gasteiger partial charge is 0.497 e. The van der Waals surface area contributed by atoms with Gasteiger partial charge in [-0.2, -0.15) is 0 Å². The van der Waals surface area contributed by atoms with Gasteiger partial charge in [0.1, 0.15) is 11.5 Å². The van der Waals surface area contributed by atoms with Crippen LogP contribution in [0.5, 0.6) is 11.5 Å². The SMILES string of the molecule is CCC(Sc1c(=O)o[nH][n+]1-c1ccc(OC)cc1)C(=O)Nc1ccc(OC)cc1. The van der Waals surface area contributed by atoms with Crippen LogP contribution in [0.2, 0.25) is 0 Å². The summed E-state index contributed by atoms with van der Waals surface area (Å²) in [7, 11) is 3.16. The summed E-state index contributed by atoms with van der Waals surface area (Å²) < 4.78 is 16.7. The van der Waals surface area contributed by atoms with E-state index in [0.29, 0.717) is 29.3 Å². The Balaban J connectivity index is 1.78. The molecule has 29 heavy (non-hydrogen) atoms. The molecule has 1 unspecified atom stereocenters. The molecule has 1 amide bonds. The van der Waals surface area contributed by atoms with Gasteiger partial charge in [-0.05, 0) is 64.5 Å². The number of carbonyl (C=O) groups is 1. The number of nitrogens with zero attached hydrogens (tertiary/aromatic N) is 1. The molecule has 0 radical (unpaired) electrons. The monoisotopic (exact) mass is 416 g/mol. The van der Waals surface area contributed by atoms with E-state index in [2.05, 4.69) is 10.6 Å². The number of carbonyl (C=O) groups excluding carboxylic acids is 1. The molecule has 1 aromatic heterocycles. The second kappa shape index (κ2) is 9.33. The average molecular weight is 416 g/mol. The zero-order valence-corrected chi connectivity index (χ0v) is 17.1. The Bertz CT molecular complexity index is 1010. The van der Waals surface area contributed by atoms with E-state index in [4.69, 9.17) is 14.0 Å². The summed E-state index contributed by atoms with van der Waals surface area (Å²) in [5.74, 6) is 1.19. The number of ether oxygens (including phenoxy) is 2. The van der Waals surface area contributed by atoms with Gasteiger partial charge >= 0.3 is 10.7 Å². The molecule has 0 saturated heterocycles. The number of methoxy groups -OCH3 is 2. The number of amides is 1. The molecule has 1 atom stereocenters. The number of hydrogen-bond acceptors (Lipinski definition) is 6. The number of aromatic nitrogens is 2. The number of thioether (sulfide) groups is 1. The summed E-state index contributed by atoms with van der Waals surface area (Å²) >= 11 is 1.15. The average Bonchev–Trinajstić information content (AvgIpc) is 3.12. The lowest BCUT2D eigenvalue weighted by Crippen LogP contribution is -2.37. The van der Waals surface area contributed by atoms with Crippen LogP contribution in [0.25, 0.3) is 5.69 Å². The van der Waals surface area contributed by atoms with Gasteiger partial charge in [-0.25, -0.2) is 4.79 Å². The maximum Gasteiger partial charge on any atom is 0.442 e. The van der Waals surface area contributed by atoms with Crippen LogP contribution in [0, 0.1) is 0 Å². The van der Waals surface area contributed by atoms with E-state index in [1.165, 1.54) is 4.68 Å². The van der Waals surface area contributed by atoms with Crippen molar-refractivity contribution in [3.05, 3.63) is 59.0 Å². The Morgan fingerprint density at radius 3 is 2.24 bits per heavy atom. The molecular weight excluding hydrogens is 394 g/mol. The van der Waals surface area contributed by atoms with E-state index in [9.17, 15) is 9.59 Å². The fourth-order valence-corrected chi connectivity index (χ4v) is 3.61. The fraction of sp³-hybridized carbons (Fsp3) is 0.250. The summed E-state index contributed by atoms with van der Waals surface area (Å²) in [6.45, 7) is 1.89. The van der Waals surface area contributed by atoms with Crippen molar-refractivity contribution in [3.8, 4) is 17.2 Å². The maximum absolute atomic E-state index is 12.7. The Kier molecular flexibility index (Phi) is 6.61. The Hall–Kier alpha value is -3.20. The zero-order chi connectivity index (χ0) is 20.8. The molecular formula is C20H22N3O5S+. The molecule has 3 aromatic rings. The van der Waals surface area contributed by atoms with Crippen LogP contribution in [-0.4, -0.2) is 30.6 Å². The number of aromatic amines is 1. The maximum atomic E-state index is 12.7. The predicted octanol–water partition coefficient (Wildman–Crippen LogP) is 2.77. The number of anilines is 1. The first-order valence-electron chi connectivity index (χ1n) is 8.95. The zero-order valence-electron chi connectivity index (χ0n) is 16.3. The molecule has 0 bridgehead atoms. The molecule has 0 aliphatic rings. The van der Waals surface area contributed by atoms with Gasteiger partial charge in [0.25, 0.3) is 0 Å². The first kappa shape index (κ1) is 20.5. The number of hydrogen-bond donors (Lipinski definition) is 2. The molecule has 9 heteroatoms. The van der Waals surface area contributed by atoms with Gasteiger partial charge in [0, 0.05) is 17.8 Å². The normalized spacial score (nSPS) is 11.7. The molecule has 8 nitrogen and oxygen atoms in total. The van der Waals surface area contributed by atoms with E-state index >= 15 is 0 Å². The molecule has 0 aliphatic carbocycles. The minimum absolute atomic E-state index is 0.204. The smallest absolute Gasteiger partial charge is 0.442 e. The van der Waals surface area contributed by atoms with Crippen molar-refractivity contribution in [1.82, 2.24) is 5.27 Å². The molecule has 0 fully saturated rings. The van der Waals surface area contributed by atoms with Crippen molar-refractivity contribution < 1.29 is 23.5 Å². The highest BCUT2D eigenvalue weighted by Gasteiger charge is 2.30. The number of nitrogens with one attached hydrogen (secondary N) is 2. The summed E-state index contributed by atoms with van der Waals surface area (Å²) in [4.78, 5) is 25.0. The van der Waals surface area contributed by atoms with Crippen LogP contribution in [0.4, 0.5) is 5.69 Å². The number of benzene rings is 2. The third-order valence-corrected chi connectivity index (χ3v) is 5.62. The summed E-state index contributed by atoms with van der Waals surface area (Å²) in [6, 6.07) is 14.2. The Morgan fingerprint density at radius 1 is 1.10 bits per heavy atom. The first-order valence-corrected chi connectivity index (χ1v) is 9.83. The lowest BCUT2D eigenvalue weighted by atomic mass is 10.2. The minimum atomic E-state index is -0.540. The van der Waals surface area contributed by atoms with Crippen LogP contribution >= 0.6 is 11.8 Å². The lowest BCUT2D eigenvalue weighted by Gasteiger charge is -2.12. The van der Waals surface area contributed by atoms with E-state index in [-0.39, 0.29) is 10.9 Å². The van der Waals surface area contributed by atoms with E-state index in [1.54, 1.807) is 62.8 Å². The Morgan fingerprint density at radius 2 is 1.69 bits per heavy atom. The Labute approximate surface area is 171 Å². The summed E-state index contributed by atoms with van der Waals surface area (Å²) in [5, 5.41) is 5.25. The highest BCUT2D eigenvalue weighted by Crippen LogP contribution is 2.24. The van der Waals surface area contributed by atoms with Gasteiger partial charge in [0.2, 0.25) is 11.6 Å². The van der Waals surface area contributed by atoms with Crippen LogP contribution < -0.4 is 25.1 Å². The van der Waals surface area contributed by atoms with E-state index < -0.39 is 10.9 Å². The van der Waals surface area contributed by atoms with Crippen molar-refractivity contribution >= 4 is 23.4 Å². The highest BCUT2D eigenvalue weighted by molar-refractivity contribution is 8.00. The lowest BCUT2D eigenvalue weighted by molar-refractivity contribution is -0.704. The molecule has 0 aliphatic heterocycles. The molecule has 152 valence electrons. The quantitative estimate of drug-likeness (QED) is 0.433. The molecule has 0 spiro atoms. The van der Waals surface area contributed by atoms with Crippen LogP contribution in [-0.2, 0) is 4.79 Å². The molecule has 3 rings (SSSR count). The van der Waals surface area contributed by atoms with Crippen molar-refractivity contribution in [2.75, 3.05) is 19.5 Å². The molecule has 1 heterocycles. The van der Waals surface area contributed by atoms with Gasteiger partial charge in [-0.1, -0.05) is 6.92 Å². The topological polar surface area (TPSA) is 97.4 Å². The molecule has 2 aromatic carbocycles. The summed E-state index contributed by atoms with van der Waals surface area (Å²) in [5.41, 5.74) is 0.796. The van der Waals surface area contributed by atoms with E-state index in [1.807, 2.05) is 6.92 Å². The van der Waals surface area contributed by atoms with Crippen LogP contribution in [0.15, 0.2) is 62.9 Å². The van der Waals surface area contributed by atoms with Crippen molar-refractivity contribution in [1.29, 1.82) is 0 Å². The van der Waals surface area contributed by atoms with Gasteiger partial charge in [0.15, 0.2) is 0 Å². The minimum Gasteiger partial charge on any atom is -0.497 e. The first-order chi connectivity index (χ1) is 14.0. The fourth-order valence-electron chi connectivity index (χ4n) is 2.62. The number of H-pyrrole nitrogens is 1. The van der Waals surface area contributed by atoms with Gasteiger partial charge in [0.05, 0.1) is 19.5 Å².